The minimum Gasteiger partial charge on any atom is -0.481 e. The molecule has 0 aliphatic heterocycles. The van der Waals surface area contributed by atoms with Crippen molar-refractivity contribution in [2.24, 2.45) is 5.92 Å². The molecular formula is C17H16ClFO2. The van der Waals surface area contributed by atoms with E-state index in [-0.39, 0.29) is 6.42 Å². The Kier molecular flexibility index (Phi) is 4.97. The largest absolute Gasteiger partial charge is 0.481 e. The normalized spacial score (nSPS) is 12.1. The first kappa shape index (κ1) is 15.5. The minimum absolute atomic E-state index is 0.208. The number of carboxylic acid groups (broad SMARTS) is 1. The zero-order valence-electron chi connectivity index (χ0n) is 11.6. The molecular weight excluding hydrogens is 291 g/mol. The maximum atomic E-state index is 13.3. The number of hydrogen-bond acceptors (Lipinski definition) is 1. The number of rotatable bonds is 5. The van der Waals surface area contributed by atoms with Crippen LogP contribution in [0.2, 0.25) is 5.02 Å². The quantitative estimate of drug-likeness (QED) is 0.895. The summed E-state index contributed by atoms with van der Waals surface area (Å²) < 4.78 is 13.3. The van der Waals surface area contributed by atoms with Crippen molar-refractivity contribution < 1.29 is 14.3 Å². The van der Waals surface area contributed by atoms with Crippen LogP contribution in [0.15, 0.2) is 42.5 Å². The topological polar surface area (TPSA) is 37.3 Å². The zero-order valence-corrected chi connectivity index (χ0v) is 12.4. The van der Waals surface area contributed by atoms with Crippen LogP contribution in [-0.2, 0) is 17.6 Å². The predicted octanol–water partition coefficient (Wildman–Crippen LogP) is 4.27. The molecule has 2 aromatic carbocycles. The second kappa shape index (κ2) is 6.72. The average Bonchev–Trinajstić information content (AvgIpc) is 2.42. The first-order valence-electron chi connectivity index (χ1n) is 6.68. The molecule has 2 rings (SSSR count). The Balaban J connectivity index is 2.20. The Bertz CT molecular complexity index is 655. The molecule has 0 saturated heterocycles. The van der Waals surface area contributed by atoms with Crippen LogP contribution in [0, 0.1) is 18.7 Å². The van der Waals surface area contributed by atoms with E-state index < -0.39 is 17.7 Å². The molecule has 0 spiro atoms. The predicted molar refractivity (Wildman–Crippen MR) is 81.1 cm³/mol. The summed E-state index contributed by atoms with van der Waals surface area (Å²) in [5.74, 6) is -1.95. The minimum atomic E-state index is -0.906. The maximum absolute atomic E-state index is 13.3. The molecule has 1 N–H and O–H groups in total. The van der Waals surface area contributed by atoms with Gasteiger partial charge in [-0.3, -0.25) is 4.79 Å². The number of aliphatic carboxylic acids is 1. The third-order valence-electron chi connectivity index (χ3n) is 3.39. The Morgan fingerprint density at radius 3 is 2.67 bits per heavy atom. The van der Waals surface area contributed by atoms with Crippen LogP contribution >= 0.6 is 11.6 Å². The van der Waals surface area contributed by atoms with Crippen molar-refractivity contribution >= 4 is 17.6 Å². The van der Waals surface area contributed by atoms with Gasteiger partial charge in [0, 0.05) is 5.02 Å². The summed E-state index contributed by atoms with van der Waals surface area (Å²) in [7, 11) is 0. The number of hydrogen-bond donors (Lipinski definition) is 1. The number of halogens is 2. The third-order valence-corrected chi connectivity index (χ3v) is 3.76. The van der Waals surface area contributed by atoms with Crippen molar-refractivity contribution in [2.45, 2.75) is 19.8 Å². The molecule has 0 aliphatic rings. The van der Waals surface area contributed by atoms with E-state index >= 15 is 0 Å². The van der Waals surface area contributed by atoms with Crippen LogP contribution in [0.5, 0.6) is 0 Å². The van der Waals surface area contributed by atoms with Gasteiger partial charge in [-0.25, -0.2) is 4.39 Å². The Morgan fingerprint density at radius 2 is 2.00 bits per heavy atom. The molecule has 0 heterocycles. The zero-order chi connectivity index (χ0) is 15.4. The lowest BCUT2D eigenvalue weighted by Gasteiger charge is -2.14. The van der Waals surface area contributed by atoms with Crippen LogP contribution in [0.1, 0.15) is 16.7 Å². The summed E-state index contributed by atoms with van der Waals surface area (Å²) in [6, 6.07) is 11.7. The maximum Gasteiger partial charge on any atom is 0.307 e. The summed E-state index contributed by atoms with van der Waals surface area (Å²) in [5.41, 5.74) is 2.56. The molecule has 0 fully saturated rings. The van der Waals surface area contributed by atoms with Gasteiger partial charge >= 0.3 is 5.97 Å². The molecule has 2 nitrogen and oxygen atoms in total. The van der Waals surface area contributed by atoms with Crippen molar-refractivity contribution in [2.75, 3.05) is 0 Å². The van der Waals surface area contributed by atoms with E-state index in [0.717, 1.165) is 11.1 Å². The van der Waals surface area contributed by atoms with E-state index in [1.807, 2.05) is 31.2 Å². The Morgan fingerprint density at radius 1 is 1.24 bits per heavy atom. The molecule has 110 valence electrons. The summed E-state index contributed by atoms with van der Waals surface area (Å²) in [6.45, 7) is 1.96. The molecule has 0 radical (unpaired) electrons. The highest BCUT2D eigenvalue weighted by Gasteiger charge is 2.20. The second-order valence-electron chi connectivity index (χ2n) is 5.17. The van der Waals surface area contributed by atoms with Crippen LogP contribution in [0.3, 0.4) is 0 Å². The SMILES string of the molecule is Cc1cccc(CC(Cc2cc(F)ccc2Cl)C(=O)O)c1. The number of carbonyl (C=O) groups is 1. The molecule has 0 aliphatic carbocycles. The molecule has 0 saturated carbocycles. The molecule has 0 bridgehead atoms. The monoisotopic (exact) mass is 306 g/mol. The summed E-state index contributed by atoms with van der Waals surface area (Å²) >= 11 is 6.01. The van der Waals surface area contributed by atoms with E-state index in [0.29, 0.717) is 17.0 Å². The molecule has 0 amide bonds. The van der Waals surface area contributed by atoms with Crippen molar-refractivity contribution in [1.29, 1.82) is 0 Å². The number of aryl methyl sites for hydroxylation is 1. The second-order valence-corrected chi connectivity index (χ2v) is 5.58. The van der Waals surface area contributed by atoms with E-state index in [9.17, 15) is 14.3 Å². The van der Waals surface area contributed by atoms with E-state index in [1.165, 1.54) is 18.2 Å². The Labute approximate surface area is 128 Å². The Hall–Kier alpha value is -1.87. The lowest BCUT2D eigenvalue weighted by molar-refractivity contribution is -0.141. The third kappa shape index (κ3) is 4.30. The summed E-state index contributed by atoms with van der Waals surface area (Å²) in [6.07, 6.45) is 0.601. The molecule has 1 unspecified atom stereocenters. The van der Waals surface area contributed by atoms with Gasteiger partial charge < -0.3 is 5.11 Å². The molecule has 0 aromatic heterocycles. The highest BCUT2D eigenvalue weighted by Crippen LogP contribution is 2.23. The van der Waals surface area contributed by atoms with Crippen LogP contribution in [0.4, 0.5) is 4.39 Å². The summed E-state index contributed by atoms with van der Waals surface area (Å²) in [4.78, 5) is 11.5. The smallest absolute Gasteiger partial charge is 0.307 e. The van der Waals surface area contributed by atoms with Crippen LogP contribution in [0.25, 0.3) is 0 Å². The highest BCUT2D eigenvalue weighted by molar-refractivity contribution is 6.31. The van der Waals surface area contributed by atoms with Gasteiger partial charge in [0.1, 0.15) is 5.82 Å². The fourth-order valence-electron chi connectivity index (χ4n) is 2.34. The van der Waals surface area contributed by atoms with Gasteiger partial charge in [-0.1, -0.05) is 41.4 Å². The van der Waals surface area contributed by atoms with Crippen molar-refractivity contribution in [3.8, 4) is 0 Å². The van der Waals surface area contributed by atoms with E-state index in [1.54, 1.807) is 0 Å². The molecule has 1 atom stereocenters. The molecule has 21 heavy (non-hydrogen) atoms. The highest BCUT2D eigenvalue weighted by atomic mass is 35.5. The van der Waals surface area contributed by atoms with Crippen molar-refractivity contribution in [3.63, 3.8) is 0 Å². The van der Waals surface area contributed by atoms with E-state index in [4.69, 9.17) is 11.6 Å². The van der Waals surface area contributed by atoms with Crippen molar-refractivity contribution in [1.82, 2.24) is 0 Å². The lowest BCUT2D eigenvalue weighted by Crippen LogP contribution is -2.19. The first-order valence-corrected chi connectivity index (χ1v) is 7.06. The standard InChI is InChI=1S/C17H16ClFO2/c1-11-3-2-4-12(7-11)8-14(17(20)21)9-13-10-15(19)5-6-16(13)18/h2-7,10,14H,8-9H2,1H3,(H,20,21). The van der Waals surface area contributed by atoms with Gasteiger partial charge in [-0.05, 0) is 49.1 Å². The molecule has 2 aromatic rings. The van der Waals surface area contributed by atoms with E-state index in [2.05, 4.69) is 0 Å². The lowest BCUT2D eigenvalue weighted by atomic mass is 9.92. The molecule has 4 heteroatoms. The van der Waals surface area contributed by atoms with Crippen LogP contribution < -0.4 is 0 Å². The van der Waals surface area contributed by atoms with Gasteiger partial charge in [-0.15, -0.1) is 0 Å². The van der Waals surface area contributed by atoms with Gasteiger partial charge in [0.05, 0.1) is 5.92 Å². The van der Waals surface area contributed by atoms with Gasteiger partial charge in [0.2, 0.25) is 0 Å². The fraction of sp³-hybridized carbons (Fsp3) is 0.235. The van der Waals surface area contributed by atoms with Crippen LogP contribution in [-0.4, -0.2) is 11.1 Å². The number of carboxylic acids is 1. The number of benzene rings is 2. The fourth-order valence-corrected chi connectivity index (χ4v) is 2.53. The van der Waals surface area contributed by atoms with Gasteiger partial charge in [-0.2, -0.15) is 0 Å². The average molecular weight is 307 g/mol. The summed E-state index contributed by atoms with van der Waals surface area (Å²) in [5, 5.41) is 9.78. The first-order chi connectivity index (χ1) is 9.95. The van der Waals surface area contributed by atoms with Gasteiger partial charge in [0.15, 0.2) is 0 Å². The van der Waals surface area contributed by atoms with Crippen molar-refractivity contribution in [3.05, 3.63) is 70.0 Å². The van der Waals surface area contributed by atoms with Gasteiger partial charge in [0.25, 0.3) is 0 Å².